The smallest absolute Gasteiger partial charge is 0.269 e. The van der Waals surface area contributed by atoms with Crippen LogP contribution in [-0.2, 0) is 6.54 Å². The Balaban J connectivity index is 1.74. The summed E-state index contributed by atoms with van der Waals surface area (Å²) in [5.74, 6) is 0.705. The molecule has 0 aliphatic carbocycles. The van der Waals surface area contributed by atoms with Crippen molar-refractivity contribution in [3.05, 3.63) is 48.3 Å². The fourth-order valence-corrected chi connectivity index (χ4v) is 2.70. The molecule has 4 heterocycles. The number of rotatable bonds is 2. The Morgan fingerprint density at radius 3 is 3.00 bits per heavy atom. The second-order valence-electron chi connectivity index (χ2n) is 5.57. The van der Waals surface area contributed by atoms with Gasteiger partial charge in [-0.2, -0.15) is 5.10 Å². The Morgan fingerprint density at radius 2 is 2.17 bits per heavy atom. The average Bonchev–Trinajstić information content (AvgIpc) is 3.14. The van der Waals surface area contributed by atoms with E-state index in [0.29, 0.717) is 12.2 Å². The normalized spacial score (nSPS) is 14.2. The zero-order chi connectivity index (χ0) is 15.8. The molecule has 7 heteroatoms. The van der Waals surface area contributed by atoms with Crippen LogP contribution >= 0.6 is 0 Å². The van der Waals surface area contributed by atoms with Crippen molar-refractivity contribution in [2.24, 2.45) is 0 Å². The van der Waals surface area contributed by atoms with Crippen molar-refractivity contribution in [1.29, 1.82) is 0 Å². The number of nitrogens with one attached hydrogen (secondary N) is 1. The molecule has 1 aliphatic rings. The summed E-state index contributed by atoms with van der Waals surface area (Å²) < 4.78 is 3.64. The number of fused-ring (bicyclic) bond motifs is 1. The summed E-state index contributed by atoms with van der Waals surface area (Å²) in [6.07, 6.45) is 6.28. The van der Waals surface area contributed by atoms with E-state index in [9.17, 15) is 4.79 Å². The van der Waals surface area contributed by atoms with E-state index in [-0.39, 0.29) is 5.91 Å². The summed E-state index contributed by atoms with van der Waals surface area (Å²) in [6.45, 7) is 3.37. The maximum Gasteiger partial charge on any atom is 0.269 e. The Kier molecular flexibility index (Phi) is 3.18. The molecule has 0 saturated carbocycles. The fourth-order valence-electron chi connectivity index (χ4n) is 2.70. The van der Waals surface area contributed by atoms with E-state index < -0.39 is 0 Å². The molecule has 0 spiro atoms. The minimum Gasteiger partial charge on any atom is -0.351 e. The highest BCUT2D eigenvalue weighted by atomic mass is 16.2. The lowest BCUT2D eigenvalue weighted by Crippen LogP contribution is -2.22. The van der Waals surface area contributed by atoms with E-state index in [1.807, 2.05) is 35.9 Å². The first kappa shape index (κ1) is 13.7. The molecule has 0 fully saturated rings. The van der Waals surface area contributed by atoms with Crippen molar-refractivity contribution in [3.8, 4) is 17.1 Å². The first-order chi connectivity index (χ1) is 11.2. The predicted octanol–water partition coefficient (Wildman–Crippen LogP) is 1.57. The van der Waals surface area contributed by atoms with Gasteiger partial charge in [0.25, 0.3) is 5.91 Å². The molecule has 3 aromatic heterocycles. The van der Waals surface area contributed by atoms with Crippen molar-refractivity contribution >= 4 is 5.91 Å². The van der Waals surface area contributed by atoms with Crippen LogP contribution in [0.5, 0.6) is 0 Å². The molecular weight excluding hydrogens is 292 g/mol. The zero-order valence-electron chi connectivity index (χ0n) is 12.7. The van der Waals surface area contributed by atoms with Gasteiger partial charge in [-0.1, -0.05) is 0 Å². The Hall–Kier alpha value is -2.96. The number of carbonyl (C=O) groups excluding carboxylic acids is 1. The van der Waals surface area contributed by atoms with Crippen LogP contribution in [-0.4, -0.2) is 36.8 Å². The number of amides is 1. The van der Waals surface area contributed by atoms with Gasteiger partial charge in [0.1, 0.15) is 17.8 Å². The standard InChI is InChI=1S/C16H16N6O/c1-11-9-21(10-19-11)15-7-12(3-5-17-15)13-8-14-16(23)18-4-2-6-22(14)20-13/h3,5,7-10H,2,4,6H2,1H3,(H,18,23). The summed E-state index contributed by atoms with van der Waals surface area (Å²) in [7, 11) is 0. The number of aryl methyl sites for hydroxylation is 2. The summed E-state index contributed by atoms with van der Waals surface area (Å²) in [4.78, 5) is 20.6. The molecule has 1 aliphatic heterocycles. The Bertz CT molecular complexity index is 878. The summed E-state index contributed by atoms with van der Waals surface area (Å²) >= 11 is 0. The maximum absolute atomic E-state index is 12.0. The molecule has 4 rings (SSSR count). The van der Waals surface area contributed by atoms with Crippen LogP contribution in [0.1, 0.15) is 22.6 Å². The zero-order valence-corrected chi connectivity index (χ0v) is 12.7. The van der Waals surface area contributed by atoms with Crippen molar-refractivity contribution < 1.29 is 4.79 Å². The lowest BCUT2D eigenvalue weighted by molar-refractivity contribution is 0.0950. The largest absolute Gasteiger partial charge is 0.351 e. The van der Waals surface area contributed by atoms with Crippen LogP contribution < -0.4 is 5.32 Å². The molecule has 0 aromatic carbocycles. The molecule has 0 unspecified atom stereocenters. The average molecular weight is 308 g/mol. The highest BCUT2D eigenvalue weighted by Gasteiger charge is 2.18. The Morgan fingerprint density at radius 1 is 1.26 bits per heavy atom. The second-order valence-corrected chi connectivity index (χ2v) is 5.57. The van der Waals surface area contributed by atoms with E-state index >= 15 is 0 Å². The van der Waals surface area contributed by atoms with Crippen molar-refractivity contribution in [3.63, 3.8) is 0 Å². The van der Waals surface area contributed by atoms with Crippen molar-refractivity contribution in [2.45, 2.75) is 19.9 Å². The van der Waals surface area contributed by atoms with Gasteiger partial charge in [0.15, 0.2) is 0 Å². The van der Waals surface area contributed by atoms with Gasteiger partial charge >= 0.3 is 0 Å². The van der Waals surface area contributed by atoms with Crippen molar-refractivity contribution in [2.75, 3.05) is 6.54 Å². The van der Waals surface area contributed by atoms with Gasteiger partial charge in [-0.3, -0.25) is 14.0 Å². The molecule has 23 heavy (non-hydrogen) atoms. The first-order valence-electron chi connectivity index (χ1n) is 7.54. The van der Waals surface area contributed by atoms with Crippen LogP contribution in [0.2, 0.25) is 0 Å². The molecule has 116 valence electrons. The molecule has 1 amide bonds. The van der Waals surface area contributed by atoms with E-state index in [4.69, 9.17) is 0 Å². The lowest BCUT2D eigenvalue weighted by atomic mass is 10.2. The van der Waals surface area contributed by atoms with Gasteiger partial charge < -0.3 is 5.32 Å². The molecular formula is C16H16N6O. The van der Waals surface area contributed by atoms with Crippen LogP contribution in [0.15, 0.2) is 36.9 Å². The van der Waals surface area contributed by atoms with Crippen LogP contribution in [0, 0.1) is 6.92 Å². The monoisotopic (exact) mass is 308 g/mol. The number of pyridine rings is 1. The molecule has 0 bridgehead atoms. The summed E-state index contributed by atoms with van der Waals surface area (Å²) in [5.41, 5.74) is 3.24. The molecule has 0 saturated heterocycles. The minimum absolute atomic E-state index is 0.0687. The molecule has 0 atom stereocenters. The minimum atomic E-state index is -0.0687. The van der Waals surface area contributed by atoms with Gasteiger partial charge in [0.2, 0.25) is 0 Å². The number of aromatic nitrogens is 5. The van der Waals surface area contributed by atoms with Gasteiger partial charge in [0.05, 0.1) is 11.4 Å². The number of imidazole rings is 1. The van der Waals surface area contributed by atoms with Crippen molar-refractivity contribution in [1.82, 2.24) is 29.6 Å². The van der Waals surface area contributed by atoms with Crippen LogP contribution in [0.4, 0.5) is 0 Å². The van der Waals surface area contributed by atoms with Gasteiger partial charge in [0, 0.05) is 31.0 Å². The topological polar surface area (TPSA) is 77.6 Å². The summed E-state index contributed by atoms with van der Waals surface area (Å²) in [6, 6.07) is 5.67. The van der Waals surface area contributed by atoms with E-state index in [0.717, 1.165) is 35.7 Å². The third-order valence-electron chi connectivity index (χ3n) is 3.86. The third-order valence-corrected chi connectivity index (χ3v) is 3.86. The Labute approximate surface area is 133 Å². The highest BCUT2D eigenvalue weighted by Crippen LogP contribution is 2.22. The van der Waals surface area contributed by atoms with Gasteiger partial charge in [-0.25, -0.2) is 9.97 Å². The summed E-state index contributed by atoms with van der Waals surface area (Å²) in [5, 5.41) is 7.46. The SMILES string of the molecule is Cc1cn(-c2cc(-c3cc4n(n3)CCCNC4=O)ccn2)cn1. The van der Waals surface area contributed by atoms with Crippen LogP contribution in [0.25, 0.3) is 17.1 Å². The second kappa shape index (κ2) is 5.35. The van der Waals surface area contributed by atoms with E-state index in [1.54, 1.807) is 17.2 Å². The third kappa shape index (κ3) is 2.50. The number of nitrogens with zero attached hydrogens (tertiary/aromatic N) is 5. The molecule has 3 aromatic rings. The highest BCUT2D eigenvalue weighted by molar-refractivity contribution is 5.93. The quantitative estimate of drug-likeness (QED) is 0.779. The van der Waals surface area contributed by atoms with E-state index in [2.05, 4.69) is 20.4 Å². The van der Waals surface area contributed by atoms with Gasteiger partial charge in [-0.15, -0.1) is 0 Å². The van der Waals surface area contributed by atoms with Gasteiger partial charge in [-0.05, 0) is 31.5 Å². The number of hydrogen-bond donors (Lipinski definition) is 1. The maximum atomic E-state index is 12.0. The van der Waals surface area contributed by atoms with E-state index in [1.165, 1.54) is 0 Å². The van der Waals surface area contributed by atoms with Crippen LogP contribution in [0.3, 0.4) is 0 Å². The molecule has 7 nitrogen and oxygen atoms in total. The first-order valence-corrected chi connectivity index (χ1v) is 7.54. The number of carbonyl (C=O) groups is 1. The fraction of sp³-hybridized carbons (Fsp3) is 0.250. The lowest BCUT2D eigenvalue weighted by Gasteiger charge is -2.03. The molecule has 1 N–H and O–H groups in total. The molecule has 0 radical (unpaired) electrons. The number of hydrogen-bond acceptors (Lipinski definition) is 4. The predicted molar refractivity (Wildman–Crippen MR) is 84.3 cm³/mol.